The van der Waals surface area contributed by atoms with E-state index < -0.39 is 5.60 Å². The Labute approximate surface area is 175 Å². The molecule has 152 valence electrons. The minimum absolute atomic E-state index is 0. The van der Waals surface area contributed by atoms with Gasteiger partial charge in [-0.2, -0.15) is 0 Å². The maximum atomic E-state index is 12.2. The number of aliphatic imine (C=N–C) groups is 1. The fourth-order valence-corrected chi connectivity index (χ4v) is 3.49. The standard InChI is InChI=1S/C19H36N4O2.HI/c1-18(2,3)25-17(24)23-12-10-19(4,11-13-23)14-21-16(20)22-15-8-6-5-7-9-15;/h15H,5-14H2,1-4H3,(H3,20,21,22);1H. The van der Waals surface area contributed by atoms with Gasteiger partial charge in [-0.05, 0) is 51.9 Å². The Morgan fingerprint density at radius 2 is 1.81 bits per heavy atom. The quantitative estimate of drug-likeness (QED) is 0.365. The monoisotopic (exact) mass is 480 g/mol. The van der Waals surface area contributed by atoms with E-state index in [0.29, 0.717) is 18.5 Å². The summed E-state index contributed by atoms with van der Waals surface area (Å²) in [5.41, 5.74) is 5.73. The third-order valence-corrected chi connectivity index (χ3v) is 5.21. The number of amides is 1. The highest BCUT2D eigenvalue weighted by Gasteiger charge is 2.33. The number of carbonyl (C=O) groups is 1. The first-order chi connectivity index (χ1) is 11.7. The highest BCUT2D eigenvalue weighted by atomic mass is 127. The van der Waals surface area contributed by atoms with Gasteiger partial charge in [0.25, 0.3) is 0 Å². The van der Waals surface area contributed by atoms with Crippen molar-refractivity contribution in [3.05, 3.63) is 0 Å². The van der Waals surface area contributed by atoms with Gasteiger partial charge >= 0.3 is 6.09 Å². The van der Waals surface area contributed by atoms with Crippen LogP contribution in [0.25, 0.3) is 0 Å². The van der Waals surface area contributed by atoms with Crippen molar-refractivity contribution in [3.63, 3.8) is 0 Å². The van der Waals surface area contributed by atoms with Crippen LogP contribution in [-0.2, 0) is 4.74 Å². The number of rotatable bonds is 3. The zero-order valence-electron chi connectivity index (χ0n) is 16.8. The van der Waals surface area contributed by atoms with Crippen LogP contribution in [0.15, 0.2) is 4.99 Å². The fraction of sp³-hybridized carbons (Fsp3) is 0.895. The van der Waals surface area contributed by atoms with Crippen molar-refractivity contribution >= 4 is 36.0 Å². The number of ether oxygens (including phenoxy) is 1. The second-order valence-corrected chi connectivity index (χ2v) is 8.96. The molecule has 0 aromatic carbocycles. The summed E-state index contributed by atoms with van der Waals surface area (Å²) in [7, 11) is 0. The average molecular weight is 480 g/mol. The second-order valence-electron chi connectivity index (χ2n) is 8.96. The molecule has 0 aromatic heterocycles. The molecule has 1 amide bonds. The Balaban J connectivity index is 0.00000338. The molecule has 7 heteroatoms. The van der Waals surface area contributed by atoms with Crippen LogP contribution in [0.3, 0.4) is 0 Å². The summed E-state index contributed by atoms with van der Waals surface area (Å²) in [4.78, 5) is 18.6. The minimum Gasteiger partial charge on any atom is -0.444 e. The first kappa shape index (κ1) is 23.3. The van der Waals surface area contributed by atoms with Gasteiger partial charge in [-0.1, -0.05) is 26.2 Å². The van der Waals surface area contributed by atoms with Gasteiger partial charge in [-0.3, -0.25) is 4.99 Å². The number of likely N-dealkylation sites (tertiary alicyclic amines) is 1. The van der Waals surface area contributed by atoms with Crippen molar-refractivity contribution in [2.45, 2.75) is 84.3 Å². The van der Waals surface area contributed by atoms with Crippen LogP contribution in [0.2, 0.25) is 0 Å². The molecule has 3 N–H and O–H groups in total. The second kappa shape index (κ2) is 9.99. The number of nitrogens with zero attached hydrogens (tertiary/aromatic N) is 2. The average Bonchev–Trinajstić information content (AvgIpc) is 2.53. The van der Waals surface area contributed by atoms with Crippen LogP contribution in [0, 0.1) is 5.41 Å². The molecule has 0 spiro atoms. The topological polar surface area (TPSA) is 80.0 Å². The molecule has 0 atom stereocenters. The van der Waals surface area contributed by atoms with Gasteiger partial charge in [-0.25, -0.2) is 4.79 Å². The zero-order chi connectivity index (χ0) is 18.5. The number of hydrogen-bond acceptors (Lipinski definition) is 3. The molecule has 1 saturated carbocycles. The minimum atomic E-state index is -0.443. The van der Waals surface area contributed by atoms with Crippen LogP contribution in [0.5, 0.6) is 0 Å². The molecule has 1 aliphatic carbocycles. The summed E-state index contributed by atoms with van der Waals surface area (Å²) in [6.45, 7) is 10.1. The van der Waals surface area contributed by atoms with Gasteiger partial charge < -0.3 is 20.7 Å². The van der Waals surface area contributed by atoms with Crippen molar-refractivity contribution < 1.29 is 9.53 Å². The lowest BCUT2D eigenvalue weighted by molar-refractivity contribution is 0.0127. The Morgan fingerprint density at radius 1 is 1.23 bits per heavy atom. The van der Waals surface area contributed by atoms with E-state index in [0.717, 1.165) is 25.9 Å². The first-order valence-corrected chi connectivity index (χ1v) is 9.71. The summed E-state index contributed by atoms with van der Waals surface area (Å²) in [6, 6.07) is 0.485. The van der Waals surface area contributed by atoms with Crippen molar-refractivity contribution in [1.29, 1.82) is 0 Å². The van der Waals surface area contributed by atoms with E-state index in [1.807, 2.05) is 20.8 Å². The Bertz CT molecular complexity index is 476. The van der Waals surface area contributed by atoms with Crippen LogP contribution in [-0.4, -0.2) is 48.2 Å². The lowest BCUT2D eigenvalue weighted by Crippen LogP contribution is -2.46. The molecule has 0 bridgehead atoms. The van der Waals surface area contributed by atoms with E-state index in [2.05, 4.69) is 17.2 Å². The molecular weight excluding hydrogens is 443 g/mol. The van der Waals surface area contributed by atoms with Gasteiger partial charge in [0.1, 0.15) is 5.60 Å². The Hall–Kier alpha value is -0.730. The SMILES string of the molecule is CC1(CN=C(N)NC2CCCCC2)CCN(C(=O)OC(C)(C)C)CC1.I. The van der Waals surface area contributed by atoms with E-state index >= 15 is 0 Å². The first-order valence-electron chi connectivity index (χ1n) is 9.71. The van der Waals surface area contributed by atoms with Gasteiger partial charge in [-0.15, -0.1) is 24.0 Å². The van der Waals surface area contributed by atoms with Gasteiger partial charge in [0.15, 0.2) is 5.96 Å². The maximum Gasteiger partial charge on any atom is 0.410 e. The Kier molecular flexibility index (Phi) is 8.96. The van der Waals surface area contributed by atoms with E-state index in [9.17, 15) is 4.79 Å². The van der Waals surface area contributed by atoms with Crippen LogP contribution < -0.4 is 11.1 Å². The third-order valence-electron chi connectivity index (χ3n) is 5.21. The van der Waals surface area contributed by atoms with E-state index in [4.69, 9.17) is 10.5 Å². The molecule has 2 fully saturated rings. The van der Waals surface area contributed by atoms with Crippen molar-refractivity contribution in [2.24, 2.45) is 16.1 Å². The highest BCUT2D eigenvalue weighted by Crippen LogP contribution is 2.31. The van der Waals surface area contributed by atoms with Crippen LogP contribution >= 0.6 is 24.0 Å². The highest BCUT2D eigenvalue weighted by molar-refractivity contribution is 14.0. The molecule has 1 saturated heterocycles. The molecule has 0 aromatic rings. The summed E-state index contributed by atoms with van der Waals surface area (Å²) in [5, 5.41) is 3.37. The Morgan fingerprint density at radius 3 is 2.35 bits per heavy atom. The van der Waals surface area contributed by atoms with Gasteiger partial charge in [0, 0.05) is 25.7 Å². The molecule has 0 radical (unpaired) electrons. The molecule has 6 nitrogen and oxygen atoms in total. The number of nitrogens with two attached hydrogens (primary N) is 1. The normalized spacial score (nSPS) is 21.7. The lowest BCUT2D eigenvalue weighted by atomic mass is 9.80. The molecule has 1 aliphatic heterocycles. The largest absolute Gasteiger partial charge is 0.444 e. The number of carbonyl (C=O) groups excluding carboxylic acids is 1. The summed E-state index contributed by atoms with van der Waals surface area (Å²) in [5.74, 6) is 0.572. The van der Waals surface area contributed by atoms with E-state index in [1.165, 1.54) is 32.1 Å². The molecular formula is C19H37IN4O2. The zero-order valence-corrected chi connectivity index (χ0v) is 19.2. The molecule has 26 heavy (non-hydrogen) atoms. The maximum absolute atomic E-state index is 12.2. The smallest absolute Gasteiger partial charge is 0.410 e. The number of nitrogens with one attached hydrogen (secondary N) is 1. The van der Waals surface area contributed by atoms with Crippen molar-refractivity contribution in [2.75, 3.05) is 19.6 Å². The summed E-state index contributed by atoms with van der Waals surface area (Å²) in [6.07, 6.45) is 7.92. The molecule has 2 aliphatic rings. The predicted octanol–water partition coefficient (Wildman–Crippen LogP) is 3.88. The fourth-order valence-electron chi connectivity index (χ4n) is 3.49. The molecule has 1 heterocycles. The van der Waals surface area contributed by atoms with E-state index in [1.54, 1.807) is 4.90 Å². The van der Waals surface area contributed by atoms with Crippen LogP contribution in [0.1, 0.15) is 72.6 Å². The number of halogens is 1. The summed E-state index contributed by atoms with van der Waals surface area (Å²) < 4.78 is 5.46. The summed E-state index contributed by atoms with van der Waals surface area (Å²) >= 11 is 0. The number of piperidine rings is 1. The molecule has 2 rings (SSSR count). The van der Waals surface area contributed by atoms with Crippen molar-refractivity contribution in [1.82, 2.24) is 10.2 Å². The van der Waals surface area contributed by atoms with Gasteiger partial charge in [0.2, 0.25) is 0 Å². The lowest BCUT2D eigenvalue weighted by Gasteiger charge is -2.39. The third kappa shape index (κ3) is 7.88. The van der Waals surface area contributed by atoms with E-state index in [-0.39, 0.29) is 35.5 Å². The molecule has 0 unspecified atom stereocenters. The van der Waals surface area contributed by atoms with Gasteiger partial charge in [0.05, 0.1) is 0 Å². The number of hydrogen-bond donors (Lipinski definition) is 2. The predicted molar refractivity (Wildman–Crippen MR) is 117 cm³/mol. The van der Waals surface area contributed by atoms with Crippen molar-refractivity contribution in [3.8, 4) is 0 Å². The number of guanidine groups is 1. The van der Waals surface area contributed by atoms with Crippen LogP contribution in [0.4, 0.5) is 4.79 Å².